The Hall–Kier alpha value is -0.140. The van der Waals surface area contributed by atoms with Crippen LogP contribution in [0.3, 0.4) is 0 Å². The normalized spacial score (nSPS) is 12.1. The van der Waals surface area contributed by atoms with Gasteiger partial charge in [0.25, 0.3) is 0 Å². The second-order valence-electron chi connectivity index (χ2n) is 5.70. The number of hydrogen-bond donors (Lipinski definition) is 3. The summed E-state index contributed by atoms with van der Waals surface area (Å²) in [6.07, 6.45) is 0.874. The number of aliphatic imine (C=N–C) groups is 1. The predicted octanol–water partition coefficient (Wildman–Crippen LogP) is 2.53. The van der Waals surface area contributed by atoms with E-state index in [0.29, 0.717) is 29.4 Å². The smallest absolute Gasteiger partial charge is 0.250 e. The Bertz CT molecular complexity index is 639. The lowest BCUT2D eigenvalue weighted by Gasteiger charge is -2.12. The molecule has 0 amide bonds. The molecule has 11 heteroatoms. The van der Waals surface area contributed by atoms with Gasteiger partial charge in [0.1, 0.15) is 4.21 Å². The van der Waals surface area contributed by atoms with E-state index in [9.17, 15) is 8.42 Å². The van der Waals surface area contributed by atoms with E-state index in [0.717, 1.165) is 30.9 Å². The van der Waals surface area contributed by atoms with E-state index in [4.69, 9.17) is 16.3 Å². The van der Waals surface area contributed by atoms with Gasteiger partial charge < -0.3 is 15.4 Å². The third kappa shape index (κ3) is 10.9. The van der Waals surface area contributed by atoms with Gasteiger partial charge in [-0.05, 0) is 24.5 Å². The Balaban J connectivity index is 0.00000625. The van der Waals surface area contributed by atoms with Crippen LogP contribution in [0.4, 0.5) is 0 Å². The Morgan fingerprint density at radius 1 is 1.27 bits per heavy atom. The molecule has 26 heavy (non-hydrogen) atoms. The van der Waals surface area contributed by atoms with E-state index in [1.165, 1.54) is 6.07 Å². The highest BCUT2D eigenvalue weighted by atomic mass is 127. The summed E-state index contributed by atoms with van der Waals surface area (Å²) in [6.45, 7) is 7.10. The standard InChI is InChI=1S/C15H27ClN4O3S2.HI/c1-12(2)11-23-10-4-7-18-15(17-3)19-8-9-20-25(21,22)14-6-5-13(16)24-14;/h5-6,12,20H,4,7-11H2,1-3H3,(H2,17,18,19);1H. The van der Waals surface area contributed by atoms with Crippen LogP contribution in [-0.4, -0.2) is 54.3 Å². The number of thiophene rings is 1. The number of guanidine groups is 1. The number of halogens is 2. The highest BCUT2D eigenvalue weighted by molar-refractivity contribution is 14.0. The van der Waals surface area contributed by atoms with Crippen molar-refractivity contribution < 1.29 is 13.2 Å². The number of nitrogens with one attached hydrogen (secondary N) is 3. The molecule has 0 unspecified atom stereocenters. The van der Waals surface area contributed by atoms with Crippen LogP contribution in [0.2, 0.25) is 4.34 Å². The lowest BCUT2D eigenvalue weighted by Crippen LogP contribution is -2.41. The summed E-state index contributed by atoms with van der Waals surface area (Å²) >= 11 is 6.79. The average Bonchev–Trinajstić information content (AvgIpc) is 2.99. The largest absolute Gasteiger partial charge is 0.381 e. The highest BCUT2D eigenvalue weighted by Crippen LogP contribution is 2.25. The van der Waals surface area contributed by atoms with Gasteiger partial charge in [-0.2, -0.15) is 0 Å². The summed E-state index contributed by atoms with van der Waals surface area (Å²) in [5.41, 5.74) is 0. The van der Waals surface area contributed by atoms with Crippen LogP contribution in [0, 0.1) is 5.92 Å². The first-order valence-corrected chi connectivity index (χ1v) is 10.8. The highest BCUT2D eigenvalue weighted by Gasteiger charge is 2.15. The van der Waals surface area contributed by atoms with E-state index in [2.05, 4.69) is 34.2 Å². The maximum atomic E-state index is 12.0. The fraction of sp³-hybridized carbons (Fsp3) is 0.667. The molecule has 0 bridgehead atoms. The van der Waals surface area contributed by atoms with Crippen molar-refractivity contribution in [3.63, 3.8) is 0 Å². The molecular weight excluding hydrogens is 511 g/mol. The zero-order chi connectivity index (χ0) is 18.7. The summed E-state index contributed by atoms with van der Waals surface area (Å²) in [6, 6.07) is 3.06. The van der Waals surface area contributed by atoms with E-state index in [-0.39, 0.29) is 34.7 Å². The Morgan fingerprint density at radius 3 is 2.54 bits per heavy atom. The fourth-order valence-corrected chi connectivity index (χ4v) is 4.36. The minimum absolute atomic E-state index is 0. The molecule has 3 N–H and O–H groups in total. The van der Waals surface area contributed by atoms with Crippen molar-refractivity contribution in [3.8, 4) is 0 Å². The number of ether oxygens (including phenoxy) is 1. The van der Waals surface area contributed by atoms with Gasteiger partial charge in [0, 0.05) is 39.9 Å². The average molecular weight is 539 g/mol. The fourth-order valence-electron chi connectivity index (χ4n) is 1.80. The van der Waals surface area contributed by atoms with Crippen LogP contribution < -0.4 is 15.4 Å². The van der Waals surface area contributed by atoms with Crippen molar-refractivity contribution in [3.05, 3.63) is 16.5 Å². The summed E-state index contributed by atoms with van der Waals surface area (Å²) in [5, 5.41) is 6.21. The van der Waals surface area contributed by atoms with Gasteiger partial charge in [0.15, 0.2) is 5.96 Å². The SMILES string of the molecule is CN=C(NCCCOCC(C)C)NCCNS(=O)(=O)c1ccc(Cl)s1.I. The Morgan fingerprint density at radius 2 is 1.96 bits per heavy atom. The minimum Gasteiger partial charge on any atom is -0.381 e. The molecule has 0 aliphatic rings. The first kappa shape index (κ1) is 25.9. The minimum atomic E-state index is -3.51. The molecule has 0 spiro atoms. The number of hydrogen-bond acceptors (Lipinski definition) is 5. The summed E-state index contributed by atoms with van der Waals surface area (Å²) < 4.78 is 32.7. The van der Waals surface area contributed by atoms with Crippen LogP contribution in [-0.2, 0) is 14.8 Å². The van der Waals surface area contributed by atoms with Crippen molar-refractivity contribution in [2.75, 3.05) is 39.9 Å². The molecule has 0 fully saturated rings. The molecule has 0 aliphatic carbocycles. The Labute approximate surface area is 182 Å². The quantitative estimate of drug-likeness (QED) is 0.174. The maximum absolute atomic E-state index is 12.0. The summed E-state index contributed by atoms with van der Waals surface area (Å²) in [4.78, 5) is 4.09. The van der Waals surface area contributed by atoms with Crippen molar-refractivity contribution in [1.29, 1.82) is 0 Å². The molecule has 1 rings (SSSR count). The third-order valence-electron chi connectivity index (χ3n) is 2.96. The van der Waals surface area contributed by atoms with Crippen molar-refractivity contribution in [2.45, 2.75) is 24.5 Å². The molecule has 7 nitrogen and oxygen atoms in total. The molecule has 1 aromatic heterocycles. The molecule has 0 atom stereocenters. The lowest BCUT2D eigenvalue weighted by molar-refractivity contribution is 0.108. The molecule has 0 radical (unpaired) electrons. The van der Waals surface area contributed by atoms with Crippen LogP contribution in [0.1, 0.15) is 20.3 Å². The van der Waals surface area contributed by atoms with Crippen LogP contribution in [0.25, 0.3) is 0 Å². The number of rotatable bonds is 11. The van der Waals surface area contributed by atoms with Crippen molar-refractivity contribution in [1.82, 2.24) is 15.4 Å². The first-order valence-electron chi connectivity index (χ1n) is 8.12. The van der Waals surface area contributed by atoms with Crippen molar-refractivity contribution >= 4 is 62.9 Å². The van der Waals surface area contributed by atoms with E-state index in [1.54, 1.807) is 13.1 Å². The molecule has 152 valence electrons. The lowest BCUT2D eigenvalue weighted by atomic mass is 10.2. The summed E-state index contributed by atoms with van der Waals surface area (Å²) in [7, 11) is -1.84. The Kier molecular flexibility index (Phi) is 13.9. The van der Waals surface area contributed by atoms with E-state index < -0.39 is 10.0 Å². The zero-order valence-electron chi connectivity index (χ0n) is 15.2. The third-order valence-corrected chi connectivity index (χ3v) is 6.14. The zero-order valence-corrected chi connectivity index (χ0v) is 20.0. The van der Waals surface area contributed by atoms with Crippen molar-refractivity contribution in [2.24, 2.45) is 10.9 Å². The molecule has 1 heterocycles. The summed E-state index contributed by atoms with van der Waals surface area (Å²) in [5.74, 6) is 1.17. The maximum Gasteiger partial charge on any atom is 0.250 e. The molecule has 1 aromatic rings. The second-order valence-corrected chi connectivity index (χ2v) is 9.41. The second kappa shape index (κ2) is 13.9. The molecule has 0 aromatic carbocycles. The van der Waals surface area contributed by atoms with Gasteiger partial charge in [-0.1, -0.05) is 25.4 Å². The number of nitrogens with zero attached hydrogens (tertiary/aromatic N) is 1. The van der Waals surface area contributed by atoms with Gasteiger partial charge in [-0.25, -0.2) is 13.1 Å². The van der Waals surface area contributed by atoms with Crippen LogP contribution in [0.5, 0.6) is 0 Å². The monoisotopic (exact) mass is 538 g/mol. The number of sulfonamides is 1. The molecular formula is C15H28ClIN4O3S2. The van der Waals surface area contributed by atoms with Gasteiger partial charge in [-0.3, -0.25) is 4.99 Å². The topological polar surface area (TPSA) is 91.8 Å². The van der Waals surface area contributed by atoms with Gasteiger partial charge in [0.2, 0.25) is 10.0 Å². The van der Waals surface area contributed by atoms with Crippen LogP contribution >= 0.6 is 46.9 Å². The predicted molar refractivity (Wildman–Crippen MR) is 120 cm³/mol. The van der Waals surface area contributed by atoms with Gasteiger partial charge in [-0.15, -0.1) is 35.3 Å². The van der Waals surface area contributed by atoms with Gasteiger partial charge in [0.05, 0.1) is 4.34 Å². The molecule has 0 saturated heterocycles. The van der Waals surface area contributed by atoms with Crippen LogP contribution in [0.15, 0.2) is 21.3 Å². The van der Waals surface area contributed by atoms with E-state index in [1.807, 2.05) is 0 Å². The molecule has 0 saturated carbocycles. The van der Waals surface area contributed by atoms with E-state index >= 15 is 0 Å². The first-order chi connectivity index (χ1) is 11.8. The van der Waals surface area contributed by atoms with Gasteiger partial charge >= 0.3 is 0 Å². The molecule has 0 aliphatic heterocycles.